The Balaban J connectivity index is 2.84. The van der Waals surface area contributed by atoms with E-state index in [-0.39, 0.29) is 0 Å². The second-order valence-electron chi connectivity index (χ2n) is 2.46. The lowest BCUT2D eigenvalue weighted by molar-refractivity contribution is 0.845. The van der Waals surface area contributed by atoms with Crippen LogP contribution in [0.25, 0.3) is 0 Å². The molecule has 0 saturated carbocycles. The molecule has 13 heavy (non-hydrogen) atoms. The molecule has 0 aliphatic carbocycles. The molecular formula is C8H11Br2N3. The van der Waals surface area contributed by atoms with Gasteiger partial charge >= 0.3 is 0 Å². The number of halogens is 2. The molecule has 0 fully saturated rings. The molecule has 0 spiro atoms. The zero-order chi connectivity index (χ0) is 9.68. The first-order valence-electron chi connectivity index (χ1n) is 4.06. The summed E-state index contributed by atoms with van der Waals surface area (Å²) >= 11 is 6.84. The third kappa shape index (κ3) is 2.91. The fraction of sp³-hybridized carbons (Fsp3) is 0.500. The second kappa shape index (κ2) is 5.54. The normalized spacial score (nSPS) is 10.1. The molecule has 0 amide bonds. The van der Waals surface area contributed by atoms with Crippen LogP contribution >= 0.6 is 31.9 Å². The van der Waals surface area contributed by atoms with Crippen molar-refractivity contribution in [1.82, 2.24) is 9.97 Å². The van der Waals surface area contributed by atoms with Crippen molar-refractivity contribution in [2.24, 2.45) is 0 Å². The van der Waals surface area contributed by atoms with Crippen LogP contribution in [0.2, 0.25) is 0 Å². The van der Waals surface area contributed by atoms with E-state index in [1.54, 1.807) is 12.5 Å². The molecule has 0 saturated heterocycles. The first kappa shape index (κ1) is 10.9. The molecule has 0 aromatic carbocycles. The van der Waals surface area contributed by atoms with Gasteiger partial charge in [-0.15, -0.1) is 0 Å². The highest BCUT2D eigenvalue weighted by atomic mass is 79.9. The van der Waals surface area contributed by atoms with E-state index in [0.717, 1.165) is 28.7 Å². The molecule has 0 unspecified atom stereocenters. The average Bonchev–Trinajstić information content (AvgIpc) is 2.16. The van der Waals surface area contributed by atoms with Crippen molar-refractivity contribution in [1.29, 1.82) is 0 Å². The van der Waals surface area contributed by atoms with Crippen LogP contribution in [0.15, 0.2) is 17.0 Å². The third-order valence-electron chi connectivity index (χ3n) is 1.68. The molecule has 0 aliphatic rings. The zero-order valence-corrected chi connectivity index (χ0v) is 10.5. The number of anilines is 1. The van der Waals surface area contributed by atoms with E-state index >= 15 is 0 Å². The fourth-order valence-corrected chi connectivity index (χ4v) is 1.95. The van der Waals surface area contributed by atoms with Gasteiger partial charge in [-0.05, 0) is 22.9 Å². The van der Waals surface area contributed by atoms with Gasteiger partial charge in [0.15, 0.2) is 0 Å². The van der Waals surface area contributed by atoms with Crippen LogP contribution in [0.3, 0.4) is 0 Å². The Bertz CT molecular complexity index is 267. The van der Waals surface area contributed by atoms with Gasteiger partial charge < -0.3 is 4.90 Å². The van der Waals surface area contributed by atoms with Crippen LogP contribution in [-0.4, -0.2) is 28.4 Å². The lowest BCUT2D eigenvalue weighted by Gasteiger charge is -2.21. The standard InChI is InChI=1S/C8H11Br2N3/c1-2-13(4-3-9)8-7(10)5-11-6-12-8/h5-6H,2-4H2,1H3. The summed E-state index contributed by atoms with van der Waals surface area (Å²) in [6, 6.07) is 0. The molecular weight excluding hydrogens is 298 g/mol. The van der Waals surface area contributed by atoms with Gasteiger partial charge in [0.1, 0.15) is 12.1 Å². The topological polar surface area (TPSA) is 29.0 Å². The molecule has 0 N–H and O–H groups in total. The Labute approximate surface area is 94.8 Å². The molecule has 0 bridgehead atoms. The average molecular weight is 309 g/mol. The van der Waals surface area contributed by atoms with Crippen LogP contribution in [0, 0.1) is 0 Å². The molecule has 5 heteroatoms. The van der Waals surface area contributed by atoms with Gasteiger partial charge in [-0.1, -0.05) is 15.9 Å². The molecule has 0 atom stereocenters. The Morgan fingerprint density at radius 1 is 1.54 bits per heavy atom. The monoisotopic (exact) mass is 307 g/mol. The maximum atomic E-state index is 4.22. The van der Waals surface area contributed by atoms with E-state index in [1.165, 1.54) is 0 Å². The highest BCUT2D eigenvalue weighted by Crippen LogP contribution is 2.21. The highest BCUT2D eigenvalue weighted by molar-refractivity contribution is 9.10. The van der Waals surface area contributed by atoms with Crippen LogP contribution in [0.4, 0.5) is 5.82 Å². The van der Waals surface area contributed by atoms with Gasteiger partial charge in [-0.3, -0.25) is 0 Å². The number of aromatic nitrogens is 2. The van der Waals surface area contributed by atoms with Gasteiger partial charge in [-0.2, -0.15) is 0 Å². The molecule has 1 rings (SSSR count). The number of alkyl halides is 1. The van der Waals surface area contributed by atoms with Gasteiger partial charge in [0, 0.05) is 24.6 Å². The first-order chi connectivity index (χ1) is 6.29. The summed E-state index contributed by atoms with van der Waals surface area (Å²) in [5, 5.41) is 0.942. The predicted molar refractivity (Wildman–Crippen MR) is 61.4 cm³/mol. The van der Waals surface area contributed by atoms with Crippen molar-refractivity contribution < 1.29 is 0 Å². The SMILES string of the molecule is CCN(CCBr)c1ncncc1Br. The number of rotatable bonds is 4. The molecule has 1 heterocycles. The number of nitrogens with zero attached hydrogens (tertiary/aromatic N) is 3. The molecule has 0 radical (unpaired) electrons. The lowest BCUT2D eigenvalue weighted by Crippen LogP contribution is -2.26. The van der Waals surface area contributed by atoms with E-state index in [0.29, 0.717) is 0 Å². The summed E-state index contributed by atoms with van der Waals surface area (Å²) < 4.78 is 0.942. The fourth-order valence-electron chi connectivity index (χ4n) is 1.05. The maximum Gasteiger partial charge on any atom is 0.146 e. The third-order valence-corrected chi connectivity index (χ3v) is 2.60. The Hall–Kier alpha value is -0.160. The minimum Gasteiger partial charge on any atom is -0.355 e. The first-order valence-corrected chi connectivity index (χ1v) is 5.97. The molecule has 1 aromatic heterocycles. The summed E-state index contributed by atoms with van der Waals surface area (Å²) in [5.41, 5.74) is 0. The Morgan fingerprint density at radius 3 is 2.85 bits per heavy atom. The molecule has 72 valence electrons. The smallest absolute Gasteiger partial charge is 0.146 e. The number of hydrogen-bond donors (Lipinski definition) is 0. The van der Waals surface area contributed by atoms with Crippen LogP contribution in [0.5, 0.6) is 0 Å². The molecule has 1 aromatic rings. The Kier molecular flexibility index (Phi) is 4.66. The minimum absolute atomic E-state index is 0.942. The maximum absolute atomic E-state index is 4.22. The summed E-state index contributed by atoms with van der Waals surface area (Å²) in [7, 11) is 0. The molecule has 0 aliphatic heterocycles. The summed E-state index contributed by atoms with van der Waals surface area (Å²) in [5.74, 6) is 0.956. The van der Waals surface area contributed by atoms with Crippen molar-refractivity contribution in [3.8, 4) is 0 Å². The van der Waals surface area contributed by atoms with Crippen LogP contribution < -0.4 is 4.90 Å². The van der Waals surface area contributed by atoms with Crippen molar-refractivity contribution in [3.05, 3.63) is 17.0 Å². The van der Waals surface area contributed by atoms with Crippen molar-refractivity contribution >= 4 is 37.7 Å². The highest BCUT2D eigenvalue weighted by Gasteiger charge is 2.08. The summed E-state index contributed by atoms with van der Waals surface area (Å²) in [6.45, 7) is 4.00. The van der Waals surface area contributed by atoms with E-state index < -0.39 is 0 Å². The van der Waals surface area contributed by atoms with E-state index in [2.05, 4.69) is 53.7 Å². The van der Waals surface area contributed by atoms with Crippen LogP contribution in [-0.2, 0) is 0 Å². The quantitative estimate of drug-likeness (QED) is 0.800. The van der Waals surface area contributed by atoms with Crippen molar-refractivity contribution in [2.75, 3.05) is 23.3 Å². The predicted octanol–water partition coefficient (Wildman–Crippen LogP) is 2.46. The summed E-state index contributed by atoms with van der Waals surface area (Å²) in [4.78, 5) is 10.3. The largest absolute Gasteiger partial charge is 0.355 e. The zero-order valence-electron chi connectivity index (χ0n) is 7.37. The van der Waals surface area contributed by atoms with Crippen molar-refractivity contribution in [2.45, 2.75) is 6.92 Å². The van der Waals surface area contributed by atoms with E-state index in [9.17, 15) is 0 Å². The van der Waals surface area contributed by atoms with Crippen LogP contribution in [0.1, 0.15) is 6.92 Å². The minimum atomic E-state index is 0.942. The van der Waals surface area contributed by atoms with Gasteiger partial charge in [-0.25, -0.2) is 9.97 Å². The molecule has 3 nitrogen and oxygen atoms in total. The second-order valence-corrected chi connectivity index (χ2v) is 4.11. The van der Waals surface area contributed by atoms with E-state index in [1.807, 2.05) is 0 Å². The van der Waals surface area contributed by atoms with Gasteiger partial charge in [0.05, 0.1) is 4.47 Å². The van der Waals surface area contributed by atoms with Crippen molar-refractivity contribution in [3.63, 3.8) is 0 Å². The number of hydrogen-bond acceptors (Lipinski definition) is 3. The van der Waals surface area contributed by atoms with E-state index in [4.69, 9.17) is 0 Å². The summed E-state index contributed by atoms with van der Waals surface area (Å²) in [6.07, 6.45) is 3.33. The lowest BCUT2D eigenvalue weighted by atomic mass is 10.4. The Morgan fingerprint density at radius 2 is 2.31 bits per heavy atom. The van der Waals surface area contributed by atoms with Gasteiger partial charge in [0.2, 0.25) is 0 Å². The van der Waals surface area contributed by atoms with Gasteiger partial charge in [0.25, 0.3) is 0 Å².